The molecular formula is C22H22ClN5O3S. The Morgan fingerprint density at radius 1 is 1.28 bits per heavy atom. The van der Waals surface area contributed by atoms with E-state index in [1.165, 1.54) is 22.2 Å². The number of benzene rings is 1. The number of aromatic nitrogens is 4. The number of hydrogen-bond acceptors (Lipinski definition) is 7. The van der Waals surface area contributed by atoms with Gasteiger partial charge in [-0.05, 0) is 49.1 Å². The Bertz CT molecular complexity index is 1320. The predicted molar refractivity (Wildman–Crippen MR) is 125 cm³/mol. The summed E-state index contributed by atoms with van der Waals surface area (Å²) >= 11 is 7.24. The number of nitrogens with zero attached hydrogens (tertiary/aromatic N) is 4. The van der Waals surface area contributed by atoms with Gasteiger partial charge in [-0.1, -0.05) is 30.6 Å². The smallest absolute Gasteiger partial charge is 0.268 e. The van der Waals surface area contributed by atoms with Crippen LogP contribution in [0.5, 0.6) is 0 Å². The highest BCUT2D eigenvalue weighted by Gasteiger charge is 2.21. The normalized spacial score (nSPS) is 11.4. The second-order valence-corrected chi connectivity index (χ2v) is 9.31. The minimum Gasteiger partial charge on any atom is -0.355 e. The van der Waals surface area contributed by atoms with Crippen molar-refractivity contribution in [3.05, 3.63) is 51.5 Å². The van der Waals surface area contributed by atoms with Crippen molar-refractivity contribution in [2.24, 2.45) is 5.92 Å². The van der Waals surface area contributed by atoms with Crippen LogP contribution in [-0.2, 0) is 11.3 Å². The van der Waals surface area contributed by atoms with Crippen molar-refractivity contribution in [2.75, 3.05) is 6.54 Å². The lowest BCUT2D eigenvalue weighted by atomic mass is 10.1. The zero-order valence-electron chi connectivity index (χ0n) is 17.9. The van der Waals surface area contributed by atoms with Gasteiger partial charge in [-0.3, -0.25) is 14.2 Å². The lowest BCUT2D eigenvalue weighted by molar-refractivity contribution is -0.121. The molecule has 1 N–H and O–H groups in total. The molecule has 0 saturated heterocycles. The van der Waals surface area contributed by atoms with Gasteiger partial charge in [0.05, 0.1) is 16.6 Å². The summed E-state index contributed by atoms with van der Waals surface area (Å²) in [4.78, 5) is 35.3. The maximum atomic E-state index is 13.0. The Hall–Kier alpha value is -3.04. The quantitative estimate of drug-likeness (QED) is 0.431. The minimum atomic E-state index is -0.272. The number of thiophene rings is 1. The predicted octanol–water partition coefficient (Wildman–Crippen LogP) is 4.30. The van der Waals surface area contributed by atoms with Crippen LogP contribution in [0.2, 0.25) is 5.02 Å². The topological polar surface area (TPSA) is 103 Å². The molecule has 4 rings (SSSR count). The van der Waals surface area contributed by atoms with Crippen molar-refractivity contribution in [3.8, 4) is 22.2 Å². The number of carbonyl (C=O) groups excluding carboxylic acids is 1. The molecule has 0 radical (unpaired) electrons. The fraction of sp³-hybridized carbons (Fsp3) is 0.318. The maximum Gasteiger partial charge on any atom is 0.268 e. The van der Waals surface area contributed by atoms with Crippen molar-refractivity contribution in [1.82, 2.24) is 25.0 Å². The molecule has 10 heteroatoms. The molecule has 0 aliphatic heterocycles. The van der Waals surface area contributed by atoms with Crippen molar-refractivity contribution >= 4 is 39.1 Å². The molecule has 0 saturated carbocycles. The summed E-state index contributed by atoms with van der Waals surface area (Å²) in [6, 6.07) is 7.12. The number of rotatable bonds is 7. The molecule has 0 bridgehead atoms. The average Bonchev–Trinajstić information content (AvgIpc) is 3.35. The van der Waals surface area contributed by atoms with Gasteiger partial charge in [0.25, 0.3) is 11.4 Å². The highest BCUT2D eigenvalue weighted by Crippen LogP contribution is 2.35. The van der Waals surface area contributed by atoms with E-state index in [0.29, 0.717) is 49.9 Å². The Morgan fingerprint density at radius 2 is 2.03 bits per heavy atom. The van der Waals surface area contributed by atoms with Crippen LogP contribution in [0, 0.1) is 12.8 Å². The van der Waals surface area contributed by atoms with E-state index in [1.54, 1.807) is 24.3 Å². The lowest BCUT2D eigenvalue weighted by Gasteiger charge is -2.08. The van der Waals surface area contributed by atoms with E-state index in [9.17, 15) is 9.59 Å². The molecule has 3 heterocycles. The molecule has 0 unspecified atom stereocenters. The van der Waals surface area contributed by atoms with Gasteiger partial charge in [0.2, 0.25) is 11.7 Å². The van der Waals surface area contributed by atoms with E-state index in [1.807, 2.05) is 6.92 Å². The van der Waals surface area contributed by atoms with Crippen molar-refractivity contribution in [3.63, 3.8) is 0 Å². The fourth-order valence-corrected chi connectivity index (χ4v) is 4.41. The minimum absolute atomic E-state index is 0.0776. The van der Waals surface area contributed by atoms with Crippen LogP contribution in [0.25, 0.3) is 32.4 Å². The summed E-state index contributed by atoms with van der Waals surface area (Å²) in [6.07, 6.45) is 2.28. The van der Waals surface area contributed by atoms with Crippen LogP contribution in [-0.4, -0.2) is 32.1 Å². The number of fused-ring (bicyclic) bond motifs is 1. The third-order valence-electron chi connectivity index (χ3n) is 5.00. The zero-order valence-corrected chi connectivity index (χ0v) is 19.5. The van der Waals surface area contributed by atoms with Crippen LogP contribution in [0.3, 0.4) is 0 Å². The number of amides is 1. The van der Waals surface area contributed by atoms with E-state index in [4.69, 9.17) is 16.1 Å². The Labute approximate surface area is 193 Å². The molecule has 0 atom stereocenters. The Balaban J connectivity index is 1.61. The number of hydrogen-bond donors (Lipinski definition) is 1. The molecule has 8 nitrogen and oxygen atoms in total. The van der Waals surface area contributed by atoms with Crippen molar-refractivity contribution in [1.29, 1.82) is 0 Å². The largest absolute Gasteiger partial charge is 0.355 e. The number of carbonyl (C=O) groups is 1. The third kappa shape index (κ3) is 4.58. The van der Waals surface area contributed by atoms with E-state index in [-0.39, 0.29) is 18.0 Å². The number of halogens is 1. The first-order valence-electron chi connectivity index (χ1n) is 10.2. The van der Waals surface area contributed by atoms with Gasteiger partial charge < -0.3 is 9.84 Å². The van der Waals surface area contributed by atoms with Crippen LogP contribution in [0.15, 0.2) is 39.9 Å². The monoisotopic (exact) mass is 471 g/mol. The maximum absolute atomic E-state index is 13.0. The fourth-order valence-electron chi connectivity index (χ4n) is 3.22. The molecule has 0 fully saturated rings. The Morgan fingerprint density at radius 3 is 2.75 bits per heavy atom. The highest BCUT2D eigenvalue weighted by atomic mass is 35.5. The van der Waals surface area contributed by atoms with Gasteiger partial charge in [0.1, 0.15) is 11.4 Å². The molecule has 0 spiro atoms. The summed E-state index contributed by atoms with van der Waals surface area (Å²) in [5.74, 6) is 1.02. The molecule has 1 amide bonds. The first kappa shape index (κ1) is 22.2. The first-order valence-corrected chi connectivity index (χ1v) is 11.4. The third-order valence-corrected chi connectivity index (χ3v) is 6.44. The molecule has 32 heavy (non-hydrogen) atoms. The van der Waals surface area contributed by atoms with E-state index >= 15 is 0 Å². The standard InChI is InChI=1S/C22H22ClN5O3S/c1-12(2)8-9-24-16(29)10-28-11-25-21-17(22(28)30)13(3)18(32-21)20-26-19(27-31-20)14-4-6-15(23)7-5-14/h4-7,11-12H,8-10H2,1-3H3,(H,24,29). The number of aryl methyl sites for hydroxylation is 1. The summed E-state index contributed by atoms with van der Waals surface area (Å²) in [5.41, 5.74) is 1.20. The molecule has 3 aromatic heterocycles. The zero-order chi connectivity index (χ0) is 22.8. The first-order chi connectivity index (χ1) is 15.3. The second kappa shape index (κ2) is 9.22. The molecule has 4 aromatic rings. The van der Waals surface area contributed by atoms with Gasteiger partial charge >= 0.3 is 0 Å². The summed E-state index contributed by atoms with van der Waals surface area (Å²) < 4.78 is 6.78. The lowest BCUT2D eigenvalue weighted by Crippen LogP contribution is -2.33. The highest BCUT2D eigenvalue weighted by molar-refractivity contribution is 7.22. The average molecular weight is 472 g/mol. The van der Waals surface area contributed by atoms with Crippen LogP contribution < -0.4 is 10.9 Å². The molecule has 1 aromatic carbocycles. The van der Waals surface area contributed by atoms with Gasteiger partial charge in [-0.2, -0.15) is 4.98 Å². The molecule has 0 aliphatic rings. The van der Waals surface area contributed by atoms with Crippen LogP contribution in [0.1, 0.15) is 25.8 Å². The Kier molecular flexibility index (Phi) is 6.38. The van der Waals surface area contributed by atoms with Crippen molar-refractivity contribution < 1.29 is 9.32 Å². The van der Waals surface area contributed by atoms with Gasteiger partial charge in [-0.25, -0.2) is 4.98 Å². The SMILES string of the molecule is Cc1c(-c2nc(-c3ccc(Cl)cc3)no2)sc2ncn(CC(=O)NCCC(C)C)c(=O)c12. The second-order valence-electron chi connectivity index (χ2n) is 7.88. The summed E-state index contributed by atoms with van der Waals surface area (Å²) in [5, 5.41) is 7.96. The van der Waals surface area contributed by atoms with Crippen LogP contribution in [0.4, 0.5) is 0 Å². The summed E-state index contributed by atoms with van der Waals surface area (Å²) in [6.45, 7) is 6.50. The number of nitrogens with one attached hydrogen (secondary N) is 1. The van der Waals surface area contributed by atoms with E-state index < -0.39 is 0 Å². The van der Waals surface area contributed by atoms with Gasteiger partial charge in [-0.15, -0.1) is 11.3 Å². The van der Waals surface area contributed by atoms with Gasteiger partial charge in [0, 0.05) is 17.1 Å². The van der Waals surface area contributed by atoms with Gasteiger partial charge in [0.15, 0.2) is 0 Å². The van der Waals surface area contributed by atoms with E-state index in [2.05, 4.69) is 34.3 Å². The summed E-state index contributed by atoms with van der Waals surface area (Å²) in [7, 11) is 0. The van der Waals surface area contributed by atoms with Crippen LogP contribution >= 0.6 is 22.9 Å². The van der Waals surface area contributed by atoms with Crippen molar-refractivity contribution in [2.45, 2.75) is 33.7 Å². The molecule has 166 valence electrons. The molecule has 0 aliphatic carbocycles. The molecular weight excluding hydrogens is 450 g/mol. The van der Waals surface area contributed by atoms with E-state index in [0.717, 1.165) is 12.0 Å².